The highest BCUT2D eigenvalue weighted by atomic mass is 16.6. The molecular formula is C74H86O20. The normalized spacial score (nSPS) is 13.0. The third-order valence-electron chi connectivity index (χ3n) is 14.2. The van der Waals surface area contributed by atoms with E-state index < -0.39 is 53.7 Å². The molecule has 20 nitrogen and oxygen atoms in total. The SMILES string of the molecule is C=C(C)C(=O)OCC(O)COCCOc1ccc(-c2ccc(OCCOCC(O)COC(=O)C(=C)C)c(C(C)(c3ccc(-c4ccccc4)cc3)c3cc(-c4ccc(OCCOCC(O)COC(=O)C(=C)C)cc4)ccc3OCCOCC(O)COC(=O)C(=C)C)c2)cc1. The van der Waals surface area contributed by atoms with Crippen LogP contribution in [0.2, 0.25) is 0 Å². The molecule has 6 rings (SSSR count). The van der Waals surface area contributed by atoms with Crippen molar-refractivity contribution in [3.05, 3.63) is 205 Å². The van der Waals surface area contributed by atoms with Crippen molar-refractivity contribution in [3.8, 4) is 56.4 Å². The second kappa shape index (κ2) is 38.3. The predicted octanol–water partition coefficient (Wildman–Crippen LogP) is 9.54. The maximum atomic E-state index is 12.0. The fourth-order valence-corrected chi connectivity index (χ4v) is 9.13. The molecule has 4 unspecified atom stereocenters. The Labute approximate surface area is 549 Å². The second-order valence-corrected chi connectivity index (χ2v) is 22.4. The quantitative estimate of drug-likeness (QED) is 0.00914. The smallest absolute Gasteiger partial charge is 0.333 e. The van der Waals surface area contributed by atoms with Gasteiger partial charge >= 0.3 is 23.9 Å². The number of rotatable bonds is 42. The van der Waals surface area contributed by atoms with Crippen LogP contribution in [0.25, 0.3) is 33.4 Å². The molecule has 0 aliphatic heterocycles. The van der Waals surface area contributed by atoms with Crippen LogP contribution >= 0.6 is 0 Å². The number of ether oxygens (including phenoxy) is 12. The van der Waals surface area contributed by atoms with Crippen molar-refractivity contribution in [2.24, 2.45) is 0 Å². The van der Waals surface area contributed by atoms with Gasteiger partial charge in [0.1, 0.15) is 100 Å². The van der Waals surface area contributed by atoms with Gasteiger partial charge in [-0.05, 0) is 122 Å². The Bertz CT molecular complexity index is 3250. The zero-order valence-corrected chi connectivity index (χ0v) is 54.1. The van der Waals surface area contributed by atoms with Crippen molar-refractivity contribution >= 4 is 23.9 Å². The topological polar surface area (TPSA) is 260 Å². The van der Waals surface area contributed by atoms with Crippen LogP contribution < -0.4 is 18.9 Å². The van der Waals surface area contributed by atoms with Crippen molar-refractivity contribution in [2.45, 2.75) is 64.4 Å². The molecule has 0 spiro atoms. The van der Waals surface area contributed by atoms with E-state index in [-0.39, 0.29) is 128 Å². The molecule has 94 heavy (non-hydrogen) atoms. The highest BCUT2D eigenvalue weighted by Gasteiger charge is 2.38. The van der Waals surface area contributed by atoms with Gasteiger partial charge in [0, 0.05) is 38.8 Å². The van der Waals surface area contributed by atoms with Crippen LogP contribution in [0, 0.1) is 0 Å². The summed E-state index contributed by atoms with van der Waals surface area (Å²) in [5.41, 5.74) is 7.30. The van der Waals surface area contributed by atoms with Crippen molar-refractivity contribution in [1.29, 1.82) is 0 Å². The summed E-state index contributed by atoms with van der Waals surface area (Å²) in [5.74, 6) is -0.333. The van der Waals surface area contributed by atoms with E-state index in [1.807, 2.05) is 103 Å². The van der Waals surface area contributed by atoms with Gasteiger partial charge in [-0.2, -0.15) is 0 Å². The summed E-state index contributed by atoms with van der Waals surface area (Å²) >= 11 is 0. The lowest BCUT2D eigenvalue weighted by Crippen LogP contribution is -2.28. The molecule has 4 atom stereocenters. The molecule has 0 amide bonds. The molecule has 20 heteroatoms. The highest BCUT2D eigenvalue weighted by Crippen LogP contribution is 2.49. The van der Waals surface area contributed by atoms with E-state index in [4.69, 9.17) is 56.8 Å². The van der Waals surface area contributed by atoms with Gasteiger partial charge in [0.25, 0.3) is 0 Å². The fraction of sp³-hybridized carbons (Fsp3) is 0.351. The van der Waals surface area contributed by atoms with Crippen LogP contribution in [0.3, 0.4) is 0 Å². The Hall–Kier alpha value is -8.96. The second-order valence-electron chi connectivity index (χ2n) is 22.4. The van der Waals surface area contributed by atoms with Gasteiger partial charge in [-0.1, -0.05) is 117 Å². The zero-order chi connectivity index (χ0) is 68.0. The van der Waals surface area contributed by atoms with E-state index in [0.29, 0.717) is 23.0 Å². The largest absolute Gasteiger partial charge is 0.491 e. The molecule has 4 N–H and O–H groups in total. The monoisotopic (exact) mass is 1290 g/mol. The van der Waals surface area contributed by atoms with Gasteiger partial charge < -0.3 is 77.3 Å². The molecule has 6 aromatic rings. The third-order valence-corrected chi connectivity index (χ3v) is 14.2. The van der Waals surface area contributed by atoms with E-state index >= 15 is 0 Å². The van der Waals surface area contributed by atoms with Crippen LogP contribution in [-0.4, -0.2) is 174 Å². The van der Waals surface area contributed by atoms with Crippen LogP contribution in [0.15, 0.2) is 188 Å². The summed E-state index contributed by atoms with van der Waals surface area (Å²) in [6.45, 7) is 21.8. The number of benzene rings is 6. The van der Waals surface area contributed by atoms with Gasteiger partial charge in [-0.25, -0.2) is 19.2 Å². The first-order valence-electron chi connectivity index (χ1n) is 30.6. The highest BCUT2D eigenvalue weighted by molar-refractivity contribution is 5.88. The number of esters is 4. The van der Waals surface area contributed by atoms with Gasteiger partial charge in [0.05, 0.1) is 52.9 Å². The predicted molar refractivity (Wildman–Crippen MR) is 354 cm³/mol. The molecule has 0 radical (unpaired) electrons. The maximum Gasteiger partial charge on any atom is 0.333 e. The molecule has 0 saturated carbocycles. The number of carbonyl (C=O) groups is 4. The molecular weight excluding hydrogens is 1210 g/mol. The Morgan fingerprint density at radius 1 is 0.351 bits per heavy atom. The van der Waals surface area contributed by atoms with Gasteiger partial charge in [-0.15, -0.1) is 0 Å². The minimum absolute atomic E-state index is 0.0409. The lowest BCUT2D eigenvalue weighted by Gasteiger charge is -2.35. The average molecular weight is 1300 g/mol. The molecule has 0 saturated heterocycles. The number of aliphatic hydroxyl groups is 4. The zero-order valence-electron chi connectivity index (χ0n) is 54.1. The lowest BCUT2D eigenvalue weighted by molar-refractivity contribution is -0.143. The molecule has 0 fully saturated rings. The molecule has 0 heterocycles. The summed E-state index contributed by atoms with van der Waals surface area (Å²) in [4.78, 5) is 47.5. The number of hydrogen-bond donors (Lipinski definition) is 4. The molecule has 0 aliphatic rings. The van der Waals surface area contributed by atoms with E-state index in [9.17, 15) is 39.6 Å². The lowest BCUT2D eigenvalue weighted by atomic mass is 9.69. The van der Waals surface area contributed by atoms with Crippen LogP contribution in [0.4, 0.5) is 0 Å². The Kier molecular flexibility index (Phi) is 30.2. The van der Waals surface area contributed by atoms with Gasteiger partial charge in [-0.3, -0.25) is 0 Å². The first-order chi connectivity index (χ1) is 45.1. The third kappa shape index (κ3) is 23.9. The molecule has 0 aliphatic carbocycles. The standard InChI is InChI=1S/C74H86O20/c1-49(2)70(79)91-45-60(75)41-83-31-35-87-64-25-17-55(18-26-64)57-21-29-68(89-37-33-85-43-62(77)47-93-72(81)51(5)6)66(39-57)74(9,59-23-15-54(16-24-59)53-13-11-10-12-14-53)67-40-58(22-30-69(67)90-38-34-86-44-63(78)48-94-73(82)52(7)8)56-19-27-65(28-20-56)88-36-32-84-42-61(76)46-92-71(80)50(3)4/h10-30,39-40,60-63,75-78H,1,3,5,7,31-38,41-48H2,2,4,6,8-9H3. The minimum Gasteiger partial charge on any atom is -0.491 e. The first-order valence-corrected chi connectivity index (χ1v) is 30.6. The summed E-state index contributed by atoms with van der Waals surface area (Å²) in [5, 5.41) is 41.7. The van der Waals surface area contributed by atoms with Crippen LogP contribution in [0.1, 0.15) is 51.3 Å². The van der Waals surface area contributed by atoms with E-state index in [1.165, 1.54) is 27.7 Å². The average Bonchev–Trinajstić information content (AvgIpc) is 0.739. The maximum absolute atomic E-state index is 12.0. The van der Waals surface area contributed by atoms with E-state index in [1.54, 1.807) is 0 Å². The number of aliphatic hydroxyl groups excluding tert-OH is 4. The first kappa shape index (κ1) is 74.1. The number of hydrogen-bond acceptors (Lipinski definition) is 20. The van der Waals surface area contributed by atoms with Crippen molar-refractivity contribution in [1.82, 2.24) is 0 Å². The molecule has 502 valence electrons. The van der Waals surface area contributed by atoms with Crippen molar-refractivity contribution in [2.75, 3.05) is 106 Å². The van der Waals surface area contributed by atoms with Gasteiger partial charge in [0.15, 0.2) is 0 Å². The molecule has 6 aromatic carbocycles. The molecule has 0 aromatic heterocycles. The molecule has 0 bridgehead atoms. The summed E-state index contributed by atoms with van der Waals surface area (Å²) in [6, 6.07) is 45.2. The Balaban J connectivity index is 1.37. The van der Waals surface area contributed by atoms with E-state index in [0.717, 1.165) is 50.1 Å². The Morgan fingerprint density at radius 2 is 0.628 bits per heavy atom. The summed E-state index contributed by atoms with van der Waals surface area (Å²) in [6.07, 6.45) is -4.26. The van der Waals surface area contributed by atoms with Gasteiger partial charge in [0.2, 0.25) is 0 Å². The van der Waals surface area contributed by atoms with Crippen LogP contribution in [0.5, 0.6) is 23.0 Å². The van der Waals surface area contributed by atoms with Crippen molar-refractivity contribution in [3.63, 3.8) is 0 Å². The number of carbonyl (C=O) groups excluding carboxylic acids is 4. The Morgan fingerprint density at radius 3 is 0.947 bits per heavy atom. The fourth-order valence-electron chi connectivity index (χ4n) is 9.13. The van der Waals surface area contributed by atoms with E-state index in [2.05, 4.69) is 69.6 Å². The van der Waals surface area contributed by atoms with Crippen molar-refractivity contribution < 1.29 is 96.4 Å². The summed E-state index contributed by atoms with van der Waals surface area (Å²) in [7, 11) is 0. The summed E-state index contributed by atoms with van der Waals surface area (Å²) < 4.78 is 68.6. The minimum atomic E-state index is -1.13. The van der Waals surface area contributed by atoms with Crippen LogP contribution in [-0.2, 0) is 62.5 Å².